The van der Waals surface area contributed by atoms with Crippen LogP contribution in [-0.2, 0) is 0 Å². The van der Waals surface area contributed by atoms with Crippen LogP contribution in [0.15, 0.2) is 13.2 Å². The van der Waals surface area contributed by atoms with Crippen LogP contribution >= 0.6 is 0 Å². The summed E-state index contributed by atoms with van der Waals surface area (Å²) in [5.74, 6) is 0. The van der Waals surface area contributed by atoms with Crippen molar-refractivity contribution in [3.8, 4) is 0 Å². The molecule has 0 aliphatic heterocycles. The lowest BCUT2D eigenvalue weighted by molar-refractivity contribution is 1.50. The molecule has 0 fully saturated rings. The molecule has 0 rings (SSSR count). The maximum Gasteiger partial charge on any atom is 0.0228 e. The van der Waals surface area contributed by atoms with E-state index < -0.39 is 0 Å². The van der Waals surface area contributed by atoms with Gasteiger partial charge in [-0.1, -0.05) is 13.8 Å². The van der Waals surface area contributed by atoms with E-state index in [1.807, 2.05) is 0 Å². The minimum absolute atomic E-state index is 0.500. The van der Waals surface area contributed by atoms with E-state index in [4.69, 9.17) is 1.37 Å². The highest BCUT2D eigenvalue weighted by molar-refractivity contribution is 4.22. The van der Waals surface area contributed by atoms with Crippen molar-refractivity contribution < 1.29 is 1.37 Å². The highest BCUT2D eigenvalue weighted by Gasteiger charge is 0.932. The Hall–Kier alpha value is -0.260. The Balaban J connectivity index is 0. The van der Waals surface area contributed by atoms with Crippen LogP contribution in [0.25, 0.3) is 0 Å². The van der Waals surface area contributed by atoms with Gasteiger partial charge in [0.2, 0.25) is 0 Å². The molecule has 0 bridgehead atoms. The summed E-state index contributed by atoms with van der Waals surface area (Å²) < 4.78 is 6.21. The second-order valence-electron chi connectivity index (χ2n) is 0. The molecule has 0 spiro atoms. The molecule has 0 nitrogen and oxygen atoms in total. The van der Waals surface area contributed by atoms with E-state index in [9.17, 15) is 0 Å². The Morgan fingerprint density at radius 1 is 1.75 bits per heavy atom. The second-order valence-corrected chi connectivity index (χ2v) is 0. The van der Waals surface area contributed by atoms with Crippen molar-refractivity contribution in [1.29, 1.82) is 0 Å². The Bertz CT molecular complexity index is 7.61. The molecule has 0 aromatic rings. The lowest BCUT2D eigenvalue weighted by Gasteiger charge is -1.07. The largest absolute Gasteiger partial charge is 0.106 e. The fourth-order valence-corrected chi connectivity index (χ4v) is 0. The molecular formula is C4H10. The van der Waals surface area contributed by atoms with Gasteiger partial charge in [-0.3, -0.25) is 0 Å². The molecule has 0 saturated heterocycles. The van der Waals surface area contributed by atoms with Gasteiger partial charge in [0.15, 0.2) is 0 Å². The predicted octanol–water partition coefficient (Wildman–Crippen LogP) is 1.83. The van der Waals surface area contributed by atoms with E-state index in [2.05, 4.69) is 13.2 Å². The van der Waals surface area contributed by atoms with Crippen LogP contribution in [0.3, 0.4) is 0 Å². The SMILES string of the molecule is C=C.[2H]CC. The van der Waals surface area contributed by atoms with Crippen LogP contribution < -0.4 is 0 Å². The summed E-state index contributed by atoms with van der Waals surface area (Å²) in [6.45, 7) is 8.29. The third-order valence-electron chi connectivity index (χ3n) is 0. The summed E-state index contributed by atoms with van der Waals surface area (Å²) in [6.07, 6.45) is 0. The average molecular weight is 59.1 g/mol. The first-order chi connectivity index (χ1) is 2.41. The van der Waals surface area contributed by atoms with E-state index in [-0.39, 0.29) is 0 Å². The van der Waals surface area contributed by atoms with Crippen molar-refractivity contribution in [2.75, 3.05) is 0 Å². The minimum Gasteiger partial charge on any atom is -0.106 e. The molecule has 0 heterocycles. The normalized spacial score (nSPS) is 5.75. The monoisotopic (exact) mass is 59.1 g/mol. The van der Waals surface area contributed by atoms with E-state index in [0.717, 1.165) is 0 Å². The Kier molecular flexibility index (Phi) is 115. The molecule has 0 aliphatic rings. The van der Waals surface area contributed by atoms with E-state index >= 15 is 0 Å². The molecule has 4 heavy (non-hydrogen) atoms. The third-order valence-corrected chi connectivity index (χ3v) is 0. The first kappa shape index (κ1) is 3.74. The lowest BCUT2D eigenvalue weighted by Crippen LogP contribution is -0.856. The fourth-order valence-electron chi connectivity index (χ4n) is 0. The molecule has 0 heteroatoms. The molecule has 0 amide bonds. The molecule has 0 atom stereocenters. The van der Waals surface area contributed by atoms with Crippen molar-refractivity contribution in [2.24, 2.45) is 0 Å². The maximum atomic E-state index is 6.21. The molecule has 0 radical (unpaired) electrons. The zero-order chi connectivity index (χ0) is 4.71. The van der Waals surface area contributed by atoms with Crippen molar-refractivity contribution in [2.45, 2.75) is 13.8 Å². The third kappa shape index (κ3) is 14.1. The summed E-state index contributed by atoms with van der Waals surface area (Å²) in [4.78, 5) is 0. The van der Waals surface area contributed by atoms with Crippen LogP contribution in [0.4, 0.5) is 0 Å². The van der Waals surface area contributed by atoms with Gasteiger partial charge < -0.3 is 0 Å². The van der Waals surface area contributed by atoms with Gasteiger partial charge in [0.1, 0.15) is 0 Å². The van der Waals surface area contributed by atoms with Gasteiger partial charge in [-0.2, -0.15) is 0 Å². The van der Waals surface area contributed by atoms with Gasteiger partial charge >= 0.3 is 0 Å². The predicted molar refractivity (Wildman–Crippen MR) is 22.6 cm³/mol. The van der Waals surface area contributed by atoms with E-state index in [0.29, 0.717) is 6.90 Å². The van der Waals surface area contributed by atoms with Gasteiger partial charge in [-0.05, 0) is 0 Å². The van der Waals surface area contributed by atoms with Crippen molar-refractivity contribution in [1.82, 2.24) is 0 Å². The Morgan fingerprint density at radius 2 is 1.75 bits per heavy atom. The van der Waals surface area contributed by atoms with Crippen molar-refractivity contribution in [3.05, 3.63) is 13.2 Å². The average Bonchev–Trinajstić information content (AvgIpc) is 1.46. The highest BCUT2D eigenvalue weighted by atomic mass is 13.0. The van der Waals surface area contributed by atoms with E-state index in [1.165, 1.54) is 0 Å². The zero-order valence-corrected chi connectivity index (χ0v) is 3.12. The Morgan fingerprint density at radius 3 is 1.75 bits per heavy atom. The van der Waals surface area contributed by atoms with Crippen LogP contribution in [0.2, 0.25) is 0 Å². The van der Waals surface area contributed by atoms with Gasteiger partial charge in [-0.25, -0.2) is 0 Å². The summed E-state index contributed by atoms with van der Waals surface area (Å²) in [7, 11) is 0. The molecule has 26 valence electrons. The number of hydrogen-bond donors (Lipinski definition) is 0. The molecular weight excluding hydrogens is 48.0 g/mol. The van der Waals surface area contributed by atoms with Crippen LogP contribution in [-0.4, -0.2) is 0 Å². The first-order valence-electron chi connectivity index (χ1n) is 1.91. The van der Waals surface area contributed by atoms with Crippen LogP contribution in [0.5, 0.6) is 0 Å². The van der Waals surface area contributed by atoms with Gasteiger partial charge in [-0.15, -0.1) is 13.2 Å². The maximum absolute atomic E-state index is 6.21. The molecule has 0 aromatic carbocycles. The summed E-state index contributed by atoms with van der Waals surface area (Å²) in [5, 5.41) is 0. The smallest absolute Gasteiger partial charge is 0.0228 e. The second kappa shape index (κ2) is 123. The molecule has 0 N–H and O–H groups in total. The zero-order valence-electron chi connectivity index (χ0n) is 4.12. The van der Waals surface area contributed by atoms with Crippen molar-refractivity contribution >= 4 is 0 Å². The minimum atomic E-state index is 0.500. The topological polar surface area (TPSA) is 0 Å². The fraction of sp³-hybridized carbons (Fsp3) is 0.500. The quantitative estimate of drug-likeness (QED) is 0.373. The van der Waals surface area contributed by atoms with Crippen LogP contribution in [0.1, 0.15) is 15.2 Å². The summed E-state index contributed by atoms with van der Waals surface area (Å²) in [5.41, 5.74) is 0. The van der Waals surface area contributed by atoms with Gasteiger partial charge in [0, 0.05) is 1.37 Å². The van der Waals surface area contributed by atoms with Crippen molar-refractivity contribution in [3.63, 3.8) is 0 Å². The molecule has 0 aliphatic carbocycles. The molecule has 0 aromatic heterocycles. The summed E-state index contributed by atoms with van der Waals surface area (Å²) in [6, 6.07) is 0. The van der Waals surface area contributed by atoms with Gasteiger partial charge in [0.05, 0.1) is 0 Å². The number of hydrogen-bond acceptors (Lipinski definition) is 0. The van der Waals surface area contributed by atoms with E-state index in [1.54, 1.807) is 6.92 Å². The van der Waals surface area contributed by atoms with Gasteiger partial charge in [0.25, 0.3) is 0 Å². The summed E-state index contributed by atoms with van der Waals surface area (Å²) >= 11 is 0. The first-order valence-corrected chi connectivity index (χ1v) is 1.21. The Labute approximate surface area is 29.6 Å². The standard InChI is InChI=1S/C2H6.C2H4/c2*1-2/h1-2H3;1-2H2/i1D;. The lowest BCUT2D eigenvalue weighted by atomic mass is 11.0. The number of rotatable bonds is 0. The van der Waals surface area contributed by atoms with Crippen LogP contribution in [0, 0.1) is 0 Å². The molecule has 0 unspecified atom stereocenters. The molecule has 0 saturated carbocycles. The highest BCUT2D eigenvalue weighted by Crippen LogP contribution is 1.14.